The Bertz CT molecular complexity index is 632. The maximum absolute atomic E-state index is 12.1. The lowest BCUT2D eigenvalue weighted by atomic mass is 9.97. The average molecular weight is 362 g/mol. The van der Waals surface area contributed by atoms with E-state index in [4.69, 9.17) is 15.2 Å². The third kappa shape index (κ3) is 6.13. The van der Waals surface area contributed by atoms with Crippen LogP contribution in [0.2, 0.25) is 0 Å². The van der Waals surface area contributed by atoms with Crippen LogP contribution in [0, 0.1) is 5.92 Å². The highest BCUT2D eigenvalue weighted by Gasteiger charge is 2.26. The number of amides is 1. The van der Waals surface area contributed by atoms with Crippen LogP contribution in [-0.2, 0) is 4.74 Å². The fourth-order valence-corrected chi connectivity index (χ4v) is 2.78. The summed E-state index contributed by atoms with van der Waals surface area (Å²) in [6.07, 6.45) is 1.55. The topological polar surface area (TPSA) is 89.2 Å². The number of likely N-dealkylation sites (tertiary alicyclic amines) is 1. The molecule has 7 heteroatoms. The van der Waals surface area contributed by atoms with Gasteiger partial charge in [-0.05, 0) is 51.7 Å². The molecule has 1 amide bonds. The first-order chi connectivity index (χ1) is 12.3. The molecular formula is C19H30N4O3. The van der Waals surface area contributed by atoms with Crippen molar-refractivity contribution in [2.24, 2.45) is 16.6 Å². The predicted octanol–water partition coefficient (Wildman–Crippen LogP) is 3.07. The molecule has 0 aliphatic carbocycles. The van der Waals surface area contributed by atoms with E-state index in [1.807, 2.05) is 45.0 Å². The van der Waals surface area contributed by atoms with Gasteiger partial charge in [-0.1, -0.05) is 12.1 Å². The Morgan fingerprint density at radius 1 is 1.31 bits per heavy atom. The van der Waals surface area contributed by atoms with Crippen LogP contribution in [0.4, 0.5) is 10.5 Å². The highest BCUT2D eigenvalue weighted by molar-refractivity contribution is 5.93. The Hall–Kier alpha value is -2.44. The summed E-state index contributed by atoms with van der Waals surface area (Å²) in [5.74, 6) is 1.49. The molecule has 2 rings (SSSR count). The molecule has 144 valence electrons. The SMILES string of the molecule is COc1ccccc1NC(N)=NCC1CCN(C(=O)OC(C)(C)C)CC1. The minimum atomic E-state index is -0.461. The van der Waals surface area contributed by atoms with E-state index < -0.39 is 5.60 Å². The van der Waals surface area contributed by atoms with Gasteiger partial charge in [-0.15, -0.1) is 0 Å². The van der Waals surface area contributed by atoms with Crippen LogP contribution in [0.15, 0.2) is 29.3 Å². The zero-order valence-corrected chi connectivity index (χ0v) is 16.1. The number of guanidine groups is 1. The van der Waals surface area contributed by atoms with Gasteiger partial charge in [0, 0.05) is 19.6 Å². The molecule has 0 radical (unpaired) electrons. The van der Waals surface area contributed by atoms with Crippen molar-refractivity contribution in [1.29, 1.82) is 0 Å². The molecule has 1 heterocycles. The van der Waals surface area contributed by atoms with E-state index in [1.165, 1.54) is 0 Å². The molecule has 1 aromatic carbocycles. The van der Waals surface area contributed by atoms with Crippen LogP contribution >= 0.6 is 0 Å². The summed E-state index contributed by atoms with van der Waals surface area (Å²) in [4.78, 5) is 18.3. The molecule has 0 atom stereocenters. The van der Waals surface area contributed by atoms with Crippen LogP contribution in [0.1, 0.15) is 33.6 Å². The normalized spacial score (nSPS) is 16.3. The molecule has 7 nitrogen and oxygen atoms in total. The second-order valence-electron chi connectivity index (χ2n) is 7.46. The van der Waals surface area contributed by atoms with E-state index in [9.17, 15) is 4.79 Å². The number of aliphatic imine (C=N–C) groups is 1. The summed E-state index contributed by atoms with van der Waals surface area (Å²) in [5.41, 5.74) is 6.32. The minimum Gasteiger partial charge on any atom is -0.495 e. The average Bonchev–Trinajstić information content (AvgIpc) is 2.59. The molecule has 0 bridgehead atoms. The number of benzene rings is 1. The smallest absolute Gasteiger partial charge is 0.410 e. The van der Waals surface area contributed by atoms with Crippen LogP contribution < -0.4 is 15.8 Å². The zero-order chi connectivity index (χ0) is 19.2. The standard InChI is InChI=1S/C19H30N4O3/c1-19(2,3)26-18(24)23-11-9-14(10-12-23)13-21-17(20)22-15-7-5-6-8-16(15)25-4/h5-8,14H,9-13H2,1-4H3,(H3,20,21,22). The van der Waals surface area contributed by atoms with Gasteiger partial charge in [0.15, 0.2) is 5.96 Å². The quantitative estimate of drug-likeness (QED) is 0.635. The van der Waals surface area contributed by atoms with E-state index in [0.717, 1.165) is 24.3 Å². The number of nitrogens with two attached hydrogens (primary N) is 1. The summed E-state index contributed by atoms with van der Waals surface area (Å²) in [7, 11) is 1.62. The molecule has 3 N–H and O–H groups in total. The Balaban J connectivity index is 1.80. The van der Waals surface area contributed by atoms with Gasteiger partial charge in [0.2, 0.25) is 0 Å². The number of ether oxygens (including phenoxy) is 2. The maximum Gasteiger partial charge on any atom is 0.410 e. The predicted molar refractivity (Wildman–Crippen MR) is 104 cm³/mol. The van der Waals surface area contributed by atoms with Crippen molar-refractivity contribution < 1.29 is 14.3 Å². The van der Waals surface area contributed by atoms with E-state index >= 15 is 0 Å². The van der Waals surface area contributed by atoms with Crippen molar-refractivity contribution >= 4 is 17.7 Å². The van der Waals surface area contributed by atoms with Crippen molar-refractivity contribution in [2.75, 3.05) is 32.1 Å². The van der Waals surface area contributed by atoms with Crippen molar-refractivity contribution in [1.82, 2.24) is 4.90 Å². The molecule has 1 aliphatic heterocycles. The Morgan fingerprint density at radius 2 is 1.96 bits per heavy atom. The lowest BCUT2D eigenvalue weighted by molar-refractivity contribution is 0.0187. The number of methoxy groups -OCH3 is 1. The van der Waals surface area contributed by atoms with Gasteiger partial charge in [-0.25, -0.2) is 4.79 Å². The van der Waals surface area contributed by atoms with E-state index in [2.05, 4.69) is 10.3 Å². The van der Waals surface area contributed by atoms with Gasteiger partial charge >= 0.3 is 6.09 Å². The second-order valence-corrected chi connectivity index (χ2v) is 7.46. The molecule has 0 unspecified atom stereocenters. The Morgan fingerprint density at radius 3 is 2.58 bits per heavy atom. The molecule has 1 aromatic rings. The van der Waals surface area contributed by atoms with Gasteiger partial charge in [-0.2, -0.15) is 0 Å². The highest BCUT2D eigenvalue weighted by Crippen LogP contribution is 2.23. The first-order valence-electron chi connectivity index (χ1n) is 8.96. The van der Waals surface area contributed by atoms with Crippen molar-refractivity contribution in [3.63, 3.8) is 0 Å². The zero-order valence-electron chi connectivity index (χ0n) is 16.1. The van der Waals surface area contributed by atoms with E-state index in [1.54, 1.807) is 12.0 Å². The maximum atomic E-state index is 12.1. The Kier molecular flexibility index (Phi) is 6.71. The largest absolute Gasteiger partial charge is 0.495 e. The number of hydrogen-bond donors (Lipinski definition) is 2. The summed E-state index contributed by atoms with van der Waals surface area (Å²) in [5, 5.41) is 3.07. The Labute approximate surface area is 155 Å². The summed E-state index contributed by atoms with van der Waals surface area (Å²) < 4.78 is 10.7. The number of carbonyl (C=O) groups is 1. The number of para-hydroxylation sites is 2. The first kappa shape index (κ1) is 19.9. The fraction of sp³-hybridized carbons (Fsp3) is 0.579. The number of anilines is 1. The summed E-state index contributed by atoms with van der Waals surface area (Å²) in [6, 6.07) is 7.56. The van der Waals surface area contributed by atoms with E-state index in [0.29, 0.717) is 31.5 Å². The molecule has 0 spiro atoms. The van der Waals surface area contributed by atoms with Gasteiger partial charge < -0.3 is 25.4 Å². The van der Waals surface area contributed by atoms with Gasteiger partial charge in [-0.3, -0.25) is 4.99 Å². The second kappa shape index (κ2) is 8.78. The molecule has 0 saturated carbocycles. The van der Waals surface area contributed by atoms with Crippen molar-refractivity contribution in [2.45, 2.75) is 39.2 Å². The molecule has 1 aliphatic rings. The van der Waals surface area contributed by atoms with Gasteiger partial charge in [0.1, 0.15) is 11.4 Å². The van der Waals surface area contributed by atoms with Crippen LogP contribution in [-0.4, -0.2) is 49.3 Å². The van der Waals surface area contributed by atoms with Crippen LogP contribution in [0.5, 0.6) is 5.75 Å². The monoisotopic (exact) mass is 362 g/mol. The number of carbonyl (C=O) groups excluding carboxylic acids is 1. The molecule has 1 saturated heterocycles. The first-order valence-corrected chi connectivity index (χ1v) is 8.96. The fourth-order valence-electron chi connectivity index (χ4n) is 2.78. The highest BCUT2D eigenvalue weighted by atomic mass is 16.6. The molecule has 26 heavy (non-hydrogen) atoms. The van der Waals surface area contributed by atoms with Crippen LogP contribution in [0.25, 0.3) is 0 Å². The summed E-state index contributed by atoms with van der Waals surface area (Å²) in [6.45, 7) is 7.65. The number of rotatable bonds is 4. The van der Waals surface area contributed by atoms with Gasteiger partial charge in [0.25, 0.3) is 0 Å². The minimum absolute atomic E-state index is 0.239. The number of piperidine rings is 1. The van der Waals surface area contributed by atoms with Gasteiger partial charge in [0.05, 0.1) is 12.8 Å². The molecule has 0 aromatic heterocycles. The lowest BCUT2D eigenvalue weighted by Crippen LogP contribution is -2.42. The van der Waals surface area contributed by atoms with Crippen molar-refractivity contribution in [3.8, 4) is 5.75 Å². The lowest BCUT2D eigenvalue weighted by Gasteiger charge is -2.33. The third-order valence-corrected chi connectivity index (χ3v) is 4.16. The number of nitrogens with zero attached hydrogens (tertiary/aromatic N) is 2. The van der Waals surface area contributed by atoms with E-state index in [-0.39, 0.29) is 6.09 Å². The summed E-state index contributed by atoms with van der Waals surface area (Å²) >= 11 is 0. The molecular weight excluding hydrogens is 332 g/mol. The van der Waals surface area contributed by atoms with Crippen molar-refractivity contribution in [3.05, 3.63) is 24.3 Å². The number of hydrogen-bond acceptors (Lipinski definition) is 4. The third-order valence-electron chi connectivity index (χ3n) is 4.16. The number of nitrogens with one attached hydrogen (secondary N) is 1. The van der Waals surface area contributed by atoms with Crippen LogP contribution in [0.3, 0.4) is 0 Å². The molecule has 1 fully saturated rings.